The first kappa shape index (κ1) is 19.6. The third-order valence-corrected chi connectivity index (χ3v) is 3.96. The van der Waals surface area contributed by atoms with E-state index in [-0.39, 0.29) is 0 Å². The average molecular weight is 358 g/mol. The summed E-state index contributed by atoms with van der Waals surface area (Å²) < 4.78 is 22.0. The number of hydrogen-bond donors (Lipinski definition) is 0. The summed E-state index contributed by atoms with van der Waals surface area (Å²) in [6.07, 6.45) is 6.24. The lowest BCUT2D eigenvalue weighted by Gasteiger charge is -2.15. The fourth-order valence-electron chi connectivity index (χ4n) is 2.57. The summed E-state index contributed by atoms with van der Waals surface area (Å²) in [4.78, 5) is 11.6. The summed E-state index contributed by atoms with van der Waals surface area (Å²) in [6, 6.07) is 4.80. The molecule has 0 N–H and O–H groups in total. The fraction of sp³-hybridized carbons (Fsp3) is 0.381. The molecule has 0 aliphatic heterocycles. The van der Waals surface area contributed by atoms with Gasteiger partial charge in [0.1, 0.15) is 6.61 Å². The Bertz CT molecular complexity index is 870. The van der Waals surface area contributed by atoms with Crippen molar-refractivity contribution in [1.82, 2.24) is 0 Å². The van der Waals surface area contributed by atoms with Crippen LogP contribution in [0.2, 0.25) is 0 Å². The summed E-state index contributed by atoms with van der Waals surface area (Å²) >= 11 is 0. The number of hydrogen-bond acceptors (Lipinski definition) is 5. The van der Waals surface area contributed by atoms with E-state index in [2.05, 4.69) is 26.8 Å². The molecule has 0 aliphatic rings. The van der Waals surface area contributed by atoms with Crippen molar-refractivity contribution in [2.45, 2.75) is 33.6 Å². The van der Waals surface area contributed by atoms with Gasteiger partial charge in [0, 0.05) is 11.5 Å². The largest absolute Gasteiger partial charge is 0.493 e. The van der Waals surface area contributed by atoms with E-state index in [0.717, 1.165) is 12.8 Å². The van der Waals surface area contributed by atoms with Gasteiger partial charge in [-0.15, -0.1) is 0 Å². The molecule has 0 radical (unpaired) electrons. The Morgan fingerprint density at radius 1 is 1.08 bits per heavy atom. The second kappa shape index (κ2) is 9.13. The Hall–Kier alpha value is -2.69. The lowest BCUT2D eigenvalue weighted by atomic mass is 10.1. The zero-order valence-electron chi connectivity index (χ0n) is 16.0. The summed E-state index contributed by atoms with van der Waals surface area (Å²) in [5, 5.41) is 0.707. The number of fused-ring (bicyclic) bond motifs is 1. The topological polar surface area (TPSA) is 57.9 Å². The van der Waals surface area contributed by atoms with Gasteiger partial charge in [0.05, 0.1) is 14.2 Å². The molecule has 26 heavy (non-hydrogen) atoms. The highest BCUT2D eigenvalue weighted by Crippen LogP contribution is 2.43. The molecule has 0 bridgehead atoms. The van der Waals surface area contributed by atoms with Crippen LogP contribution in [0.3, 0.4) is 0 Å². The van der Waals surface area contributed by atoms with Crippen molar-refractivity contribution < 1.29 is 18.6 Å². The zero-order valence-corrected chi connectivity index (χ0v) is 16.0. The molecular formula is C21H26O5. The maximum atomic E-state index is 11.6. The van der Waals surface area contributed by atoms with E-state index in [4.69, 9.17) is 18.6 Å². The van der Waals surface area contributed by atoms with E-state index in [1.165, 1.54) is 24.3 Å². The molecule has 1 heterocycles. The molecular weight excluding hydrogens is 332 g/mol. The Labute approximate surface area is 153 Å². The van der Waals surface area contributed by atoms with E-state index in [9.17, 15) is 4.79 Å². The molecule has 0 unspecified atom stereocenters. The van der Waals surface area contributed by atoms with Crippen LogP contribution in [0.15, 0.2) is 50.7 Å². The monoisotopic (exact) mass is 358 g/mol. The van der Waals surface area contributed by atoms with Crippen LogP contribution in [0.1, 0.15) is 33.6 Å². The standard InChI is InChI=1S/C21H26O5/c1-14(2)7-6-8-15(3)11-12-25-20-17(23-4)13-16-9-10-18(22)26-19(16)21(20)24-5/h7,9-11,13H,6,8,12H2,1-5H3. The van der Waals surface area contributed by atoms with Crippen molar-refractivity contribution in [3.8, 4) is 17.2 Å². The predicted octanol–water partition coefficient (Wildman–Crippen LogP) is 4.88. The van der Waals surface area contributed by atoms with Crippen molar-refractivity contribution in [2.24, 2.45) is 0 Å². The lowest BCUT2D eigenvalue weighted by Crippen LogP contribution is -2.02. The number of methoxy groups -OCH3 is 2. The molecule has 0 amide bonds. The number of benzene rings is 1. The second-order valence-electron chi connectivity index (χ2n) is 6.30. The maximum absolute atomic E-state index is 11.6. The van der Waals surface area contributed by atoms with E-state index in [1.807, 2.05) is 6.08 Å². The van der Waals surface area contributed by atoms with Gasteiger partial charge < -0.3 is 18.6 Å². The molecule has 2 aromatic rings. The smallest absolute Gasteiger partial charge is 0.336 e. The number of allylic oxidation sites excluding steroid dienone is 3. The van der Waals surface area contributed by atoms with Crippen molar-refractivity contribution in [3.05, 3.63) is 51.9 Å². The van der Waals surface area contributed by atoms with Crippen LogP contribution in [0.5, 0.6) is 17.2 Å². The quantitative estimate of drug-likeness (QED) is 0.497. The minimum Gasteiger partial charge on any atom is -0.493 e. The van der Waals surface area contributed by atoms with E-state index in [0.29, 0.717) is 34.8 Å². The summed E-state index contributed by atoms with van der Waals surface area (Å²) in [5.74, 6) is 1.30. The SMILES string of the molecule is COc1cc2ccc(=O)oc2c(OC)c1OCC=C(C)CCC=C(C)C. The molecule has 5 nitrogen and oxygen atoms in total. The molecule has 0 aliphatic carbocycles. The molecule has 0 spiro atoms. The minimum absolute atomic E-state index is 0.347. The van der Waals surface area contributed by atoms with Crippen LogP contribution in [0, 0.1) is 0 Å². The molecule has 140 valence electrons. The lowest BCUT2D eigenvalue weighted by molar-refractivity contribution is 0.299. The van der Waals surface area contributed by atoms with Crippen molar-refractivity contribution in [2.75, 3.05) is 20.8 Å². The highest BCUT2D eigenvalue weighted by Gasteiger charge is 2.18. The van der Waals surface area contributed by atoms with E-state index >= 15 is 0 Å². The van der Waals surface area contributed by atoms with Gasteiger partial charge in [-0.25, -0.2) is 4.79 Å². The van der Waals surface area contributed by atoms with Crippen LogP contribution < -0.4 is 19.8 Å². The second-order valence-corrected chi connectivity index (χ2v) is 6.30. The third-order valence-electron chi connectivity index (χ3n) is 3.96. The zero-order chi connectivity index (χ0) is 19.1. The summed E-state index contributed by atoms with van der Waals surface area (Å²) in [5.41, 5.74) is 2.47. The van der Waals surface area contributed by atoms with E-state index < -0.39 is 5.63 Å². The molecule has 5 heteroatoms. The Balaban J connectivity index is 2.25. The van der Waals surface area contributed by atoms with Crippen molar-refractivity contribution in [1.29, 1.82) is 0 Å². The molecule has 1 aromatic heterocycles. The molecule has 0 saturated carbocycles. The molecule has 0 atom stereocenters. The Kier molecular flexibility index (Phi) is 6.89. The van der Waals surface area contributed by atoms with Gasteiger partial charge in [-0.1, -0.05) is 17.2 Å². The van der Waals surface area contributed by atoms with Crippen LogP contribution in [-0.2, 0) is 0 Å². The Morgan fingerprint density at radius 2 is 1.85 bits per heavy atom. The molecule has 1 aromatic carbocycles. The third kappa shape index (κ3) is 4.91. The minimum atomic E-state index is -0.443. The summed E-state index contributed by atoms with van der Waals surface area (Å²) in [6.45, 7) is 6.64. The molecule has 0 fully saturated rings. The highest BCUT2D eigenvalue weighted by atomic mass is 16.5. The number of rotatable bonds is 8. The van der Waals surface area contributed by atoms with Gasteiger partial charge >= 0.3 is 5.63 Å². The van der Waals surface area contributed by atoms with Crippen molar-refractivity contribution >= 4 is 11.0 Å². The van der Waals surface area contributed by atoms with Gasteiger partial charge in [0.2, 0.25) is 11.5 Å². The molecule has 2 rings (SSSR count). The Morgan fingerprint density at radius 3 is 2.50 bits per heavy atom. The van der Waals surface area contributed by atoms with Crippen LogP contribution in [0.25, 0.3) is 11.0 Å². The van der Waals surface area contributed by atoms with Crippen LogP contribution in [-0.4, -0.2) is 20.8 Å². The van der Waals surface area contributed by atoms with E-state index in [1.54, 1.807) is 19.2 Å². The first-order valence-electron chi connectivity index (χ1n) is 8.57. The molecule has 0 saturated heterocycles. The van der Waals surface area contributed by atoms with Gasteiger partial charge in [-0.3, -0.25) is 0 Å². The van der Waals surface area contributed by atoms with Crippen LogP contribution in [0.4, 0.5) is 0 Å². The number of ether oxygens (including phenoxy) is 3. The van der Waals surface area contributed by atoms with Gasteiger partial charge in [-0.05, 0) is 51.8 Å². The maximum Gasteiger partial charge on any atom is 0.336 e. The highest BCUT2D eigenvalue weighted by molar-refractivity contribution is 5.88. The first-order chi connectivity index (χ1) is 12.5. The normalized spacial score (nSPS) is 11.3. The van der Waals surface area contributed by atoms with Gasteiger partial charge in [0.15, 0.2) is 11.3 Å². The van der Waals surface area contributed by atoms with Gasteiger partial charge in [-0.2, -0.15) is 0 Å². The fourth-order valence-corrected chi connectivity index (χ4v) is 2.57. The summed E-state index contributed by atoms with van der Waals surface area (Å²) in [7, 11) is 3.07. The predicted molar refractivity (Wildman–Crippen MR) is 104 cm³/mol. The van der Waals surface area contributed by atoms with Crippen LogP contribution >= 0.6 is 0 Å². The first-order valence-corrected chi connectivity index (χ1v) is 8.57. The van der Waals surface area contributed by atoms with Gasteiger partial charge in [0.25, 0.3) is 0 Å². The van der Waals surface area contributed by atoms with Crippen molar-refractivity contribution in [3.63, 3.8) is 0 Å². The average Bonchev–Trinajstić information content (AvgIpc) is 2.60.